The van der Waals surface area contributed by atoms with Gasteiger partial charge >= 0.3 is 0 Å². The van der Waals surface area contributed by atoms with Gasteiger partial charge in [-0.3, -0.25) is 9.69 Å². The largest absolute Gasteiger partial charge is 0.464 e. The SMILES string of the molecule is Cc1ccc(Cn2nccc2N2CC(S(N)(=O)=O)CC2=O)o1. The molecule has 0 spiro atoms. The fraction of sp³-hybridized carbons (Fsp3) is 0.385. The highest BCUT2D eigenvalue weighted by molar-refractivity contribution is 7.89. The molecule has 8 nitrogen and oxygen atoms in total. The van der Waals surface area contributed by atoms with E-state index in [9.17, 15) is 13.2 Å². The summed E-state index contributed by atoms with van der Waals surface area (Å²) < 4.78 is 30.0. The predicted octanol–water partition coefficient (Wildman–Crippen LogP) is 0.227. The van der Waals surface area contributed by atoms with Gasteiger partial charge in [-0.25, -0.2) is 18.2 Å². The van der Waals surface area contributed by atoms with E-state index in [0.29, 0.717) is 18.1 Å². The van der Waals surface area contributed by atoms with Crippen LogP contribution in [0.1, 0.15) is 17.9 Å². The Morgan fingerprint density at radius 1 is 1.41 bits per heavy atom. The second kappa shape index (κ2) is 5.25. The number of sulfonamides is 1. The number of aromatic nitrogens is 2. The molecular formula is C13H16N4O4S. The van der Waals surface area contributed by atoms with Gasteiger partial charge in [0.15, 0.2) is 0 Å². The molecule has 1 amide bonds. The van der Waals surface area contributed by atoms with Crippen molar-refractivity contribution in [2.24, 2.45) is 5.14 Å². The number of carbonyl (C=O) groups excluding carboxylic acids is 1. The molecule has 3 heterocycles. The summed E-state index contributed by atoms with van der Waals surface area (Å²) in [6.07, 6.45) is 1.45. The molecule has 1 fully saturated rings. The van der Waals surface area contributed by atoms with Gasteiger partial charge in [-0.1, -0.05) is 0 Å². The number of aryl methyl sites for hydroxylation is 1. The first-order chi connectivity index (χ1) is 10.3. The van der Waals surface area contributed by atoms with Crippen molar-refractivity contribution >= 4 is 21.7 Å². The fourth-order valence-corrected chi connectivity index (χ4v) is 3.24. The molecule has 9 heteroatoms. The topological polar surface area (TPSA) is 111 Å². The molecule has 1 unspecified atom stereocenters. The van der Waals surface area contributed by atoms with Crippen LogP contribution in [-0.4, -0.2) is 35.9 Å². The first-order valence-electron chi connectivity index (χ1n) is 6.73. The minimum absolute atomic E-state index is 0.0422. The fourth-order valence-electron chi connectivity index (χ4n) is 2.51. The number of nitrogens with two attached hydrogens (primary N) is 1. The lowest BCUT2D eigenvalue weighted by atomic mass is 10.4. The smallest absolute Gasteiger partial charge is 0.229 e. The standard InChI is InChI=1S/C13H16N4O4S/c1-9-2-3-10(21-9)7-17-12(4-5-15-17)16-8-11(6-13(16)18)22(14,19)20/h2-5,11H,6-8H2,1H3,(H2,14,19,20). The van der Waals surface area contributed by atoms with Crippen molar-refractivity contribution in [2.45, 2.75) is 25.1 Å². The van der Waals surface area contributed by atoms with E-state index < -0.39 is 15.3 Å². The number of furan rings is 1. The van der Waals surface area contributed by atoms with Crippen LogP contribution in [0.4, 0.5) is 5.82 Å². The summed E-state index contributed by atoms with van der Waals surface area (Å²) in [5, 5.41) is 8.43. The average Bonchev–Trinajstić information content (AvgIpc) is 3.10. The molecule has 118 valence electrons. The third kappa shape index (κ3) is 2.77. The zero-order valence-electron chi connectivity index (χ0n) is 12.0. The van der Waals surface area contributed by atoms with Crippen LogP contribution in [0.25, 0.3) is 0 Å². The summed E-state index contributed by atoms with van der Waals surface area (Å²) in [6.45, 7) is 2.24. The Balaban J connectivity index is 1.84. The van der Waals surface area contributed by atoms with Crippen LogP contribution < -0.4 is 10.0 Å². The van der Waals surface area contributed by atoms with Crippen molar-refractivity contribution in [1.82, 2.24) is 9.78 Å². The third-order valence-electron chi connectivity index (χ3n) is 3.63. The Hall–Kier alpha value is -2.13. The van der Waals surface area contributed by atoms with Crippen LogP contribution in [-0.2, 0) is 21.4 Å². The van der Waals surface area contributed by atoms with Crippen LogP contribution in [0, 0.1) is 6.92 Å². The molecule has 0 saturated carbocycles. The number of carbonyl (C=O) groups is 1. The number of amides is 1. The normalized spacial score (nSPS) is 19.1. The maximum atomic E-state index is 12.1. The Morgan fingerprint density at radius 3 is 2.77 bits per heavy atom. The Bertz CT molecular complexity index is 808. The number of hydrogen-bond donors (Lipinski definition) is 1. The van der Waals surface area contributed by atoms with E-state index in [0.717, 1.165) is 5.76 Å². The van der Waals surface area contributed by atoms with Gasteiger partial charge in [-0.2, -0.15) is 5.10 Å². The van der Waals surface area contributed by atoms with Crippen molar-refractivity contribution in [3.8, 4) is 0 Å². The molecule has 1 aliphatic heterocycles. The molecule has 0 aliphatic carbocycles. The van der Waals surface area contributed by atoms with E-state index in [4.69, 9.17) is 9.56 Å². The molecule has 0 aromatic carbocycles. The molecule has 0 radical (unpaired) electrons. The first kappa shape index (κ1) is 14.8. The van der Waals surface area contributed by atoms with E-state index in [1.807, 2.05) is 19.1 Å². The van der Waals surface area contributed by atoms with Gasteiger partial charge in [-0.15, -0.1) is 0 Å². The monoisotopic (exact) mass is 324 g/mol. The maximum Gasteiger partial charge on any atom is 0.229 e. The number of anilines is 1. The molecule has 2 aromatic rings. The second-order valence-corrected chi connectivity index (χ2v) is 7.12. The maximum absolute atomic E-state index is 12.1. The summed E-state index contributed by atoms with van der Waals surface area (Å²) in [5.41, 5.74) is 0. The average molecular weight is 324 g/mol. The molecule has 1 aliphatic rings. The van der Waals surface area contributed by atoms with Gasteiger partial charge in [0.2, 0.25) is 15.9 Å². The van der Waals surface area contributed by atoms with Crippen LogP contribution in [0.3, 0.4) is 0 Å². The van der Waals surface area contributed by atoms with Crippen LogP contribution >= 0.6 is 0 Å². The van der Waals surface area contributed by atoms with Gasteiger partial charge in [0.05, 0.1) is 6.20 Å². The zero-order valence-corrected chi connectivity index (χ0v) is 12.8. The van der Waals surface area contributed by atoms with Gasteiger partial charge in [0.1, 0.15) is 29.1 Å². The minimum atomic E-state index is -3.74. The lowest BCUT2D eigenvalue weighted by Gasteiger charge is -2.17. The van der Waals surface area contributed by atoms with Crippen LogP contribution in [0.15, 0.2) is 28.8 Å². The molecule has 1 atom stereocenters. The van der Waals surface area contributed by atoms with Gasteiger partial charge in [-0.05, 0) is 19.1 Å². The lowest BCUT2D eigenvalue weighted by Crippen LogP contribution is -2.33. The highest BCUT2D eigenvalue weighted by Crippen LogP contribution is 2.24. The number of primary sulfonamides is 1. The van der Waals surface area contributed by atoms with Gasteiger partial charge < -0.3 is 4.42 Å². The van der Waals surface area contributed by atoms with Crippen molar-refractivity contribution in [3.63, 3.8) is 0 Å². The van der Waals surface area contributed by atoms with Gasteiger partial charge in [0, 0.05) is 19.0 Å². The second-order valence-electron chi connectivity index (χ2n) is 5.28. The Labute approximate surface area is 127 Å². The Morgan fingerprint density at radius 2 is 2.18 bits per heavy atom. The highest BCUT2D eigenvalue weighted by Gasteiger charge is 2.38. The summed E-state index contributed by atoms with van der Waals surface area (Å²) in [7, 11) is -3.74. The lowest BCUT2D eigenvalue weighted by molar-refractivity contribution is -0.117. The molecule has 1 saturated heterocycles. The molecule has 2 aromatic heterocycles. The van der Waals surface area contributed by atoms with E-state index in [1.54, 1.807) is 16.9 Å². The first-order valence-corrected chi connectivity index (χ1v) is 8.34. The van der Waals surface area contributed by atoms with Crippen molar-refractivity contribution in [2.75, 3.05) is 11.4 Å². The quantitative estimate of drug-likeness (QED) is 0.865. The molecule has 0 bridgehead atoms. The zero-order chi connectivity index (χ0) is 15.9. The van der Waals surface area contributed by atoms with Crippen molar-refractivity contribution in [1.29, 1.82) is 0 Å². The summed E-state index contributed by atoms with van der Waals surface area (Å²) in [5.74, 6) is 1.74. The minimum Gasteiger partial charge on any atom is -0.464 e. The number of hydrogen-bond acceptors (Lipinski definition) is 5. The Kier molecular flexibility index (Phi) is 3.53. The van der Waals surface area contributed by atoms with Gasteiger partial charge in [0.25, 0.3) is 0 Å². The number of nitrogens with zero attached hydrogens (tertiary/aromatic N) is 3. The molecular weight excluding hydrogens is 308 g/mol. The summed E-state index contributed by atoms with van der Waals surface area (Å²) >= 11 is 0. The summed E-state index contributed by atoms with van der Waals surface area (Å²) in [4.78, 5) is 13.5. The van der Waals surface area contributed by atoms with Crippen molar-refractivity contribution in [3.05, 3.63) is 35.9 Å². The van der Waals surface area contributed by atoms with E-state index >= 15 is 0 Å². The van der Waals surface area contributed by atoms with E-state index in [-0.39, 0.29) is 18.9 Å². The van der Waals surface area contributed by atoms with Crippen LogP contribution in [0.2, 0.25) is 0 Å². The summed E-state index contributed by atoms with van der Waals surface area (Å²) in [6, 6.07) is 5.34. The molecule has 2 N–H and O–H groups in total. The van der Waals surface area contributed by atoms with E-state index in [1.165, 1.54) is 4.90 Å². The predicted molar refractivity (Wildman–Crippen MR) is 78.6 cm³/mol. The van der Waals surface area contributed by atoms with Crippen molar-refractivity contribution < 1.29 is 17.6 Å². The van der Waals surface area contributed by atoms with Crippen LogP contribution in [0.5, 0.6) is 0 Å². The molecule has 3 rings (SSSR count). The third-order valence-corrected chi connectivity index (χ3v) is 4.87. The highest BCUT2D eigenvalue weighted by atomic mass is 32.2. The number of rotatable bonds is 4. The molecule has 22 heavy (non-hydrogen) atoms. The van der Waals surface area contributed by atoms with E-state index in [2.05, 4.69) is 5.10 Å².